The molecule has 0 aliphatic rings. The molecular formula is C16H17BrN2O3. The van der Waals surface area contributed by atoms with Crippen LogP contribution < -0.4 is 14.9 Å². The Labute approximate surface area is 137 Å². The van der Waals surface area contributed by atoms with Crippen molar-refractivity contribution in [3.05, 3.63) is 52.0 Å². The Balaban J connectivity index is 1.95. The van der Waals surface area contributed by atoms with Gasteiger partial charge in [0.15, 0.2) is 11.5 Å². The summed E-state index contributed by atoms with van der Waals surface area (Å²) in [4.78, 5) is 0. The second-order valence-electron chi connectivity index (χ2n) is 4.49. The van der Waals surface area contributed by atoms with Gasteiger partial charge in [-0.05, 0) is 57.4 Å². The molecule has 0 spiro atoms. The minimum atomic E-state index is 0.204. The normalized spacial score (nSPS) is 10.7. The van der Waals surface area contributed by atoms with E-state index in [1.165, 1.54) is 0 Å². The van der Waals surface area contributed by atoms with Gasteiger partial charge in [-0.15, -0.1) is 0 Å². The van der Waals surface area contributed by atoms with Gasteiger partial charge in [0, 0.05) is 0 Å². The topological polar surface area (TPSA) is 63.1 Å². The fraction of sp³-hybridized carbons (Fsp3) is 0.188. The van der Waals surface area contributed by atoms with E-state index in [2.05, 4.69) is 26.5 Å². The van der Waals surface area contributed by atoms with Crippen LogP contribution in [0.1, 0.15) is 11.1 Å². The summed E-state index contributed by atoms with van der Waals surface area (Å²) >= 11 is 3.26. The van der Waals surface area contributed by atoms with Crippen molar-refractivity contribution in [3.8, 4) is 17.2 Å². The van der Waals surface area contributed by atoms with E-state index < -0.39 is 0 Å². The van der Waals surface area contributed by atoms with Gasteiger partial charge in [0.1, 0.15) is 5.75 Å². The van der Waals surface area contributed by atoms with Crippen molar-refractivity contribution in [3.63, 3.8) is 0 Å². The molecule has 0 saturated heterocycles. The SMILES string of the molecule is COc1ccc(CN/N=C\c2ccc(O)c(Br)c2)cc1OC. The van der Waals surface area contributed by atoms with E-state index >= 15 is 0 Å². The predicted octanol–water partition coefficient (Wildman–Crippen LogP) is 3.30. The summed E-state index contributed by atoms with van der Waals surface area (Å²) in [6, 6.07) is 10.9. The van der Waals surface area contributed by atoms with Gasteiger partial charge < -0.3 is 20.0 Å². The molecule has 2 rings (SSSR count). The van der Waals surface area contributed by atoms with Crippen molar-refractivity contribution in [1.29, 1.82) is 0 Å². The molecule has 2 N–H and O–H groups in total. The van der Waals surface area contributed by atoms with Crippen molar-refractivity contribution in [2.24, 2.45) is 5.10 Å². The lowest BCUT2D eigenvalue weighted by Gasteiger charge is -2.09. The highest BCUT2D eigenvalue weighted by atomic mass is 79.9. The number of hydrazone groups is 1. The summed E-state index contributed by atoms with van der Waals surface area (Å²) in [7, 11) is 3.21. The highest BCUT2D eigenvalue weighted by molar-refractivity contribution is 9.10. The molecule has 116 valence electrons. The molecule has 22 heavy (non-hydrogen) atoms. The monoisotopic (exact) mass is 364 g/mol. The predicted molar refractivity (Wildman–Crippen MR) is 89.8 cm³/mol. The number of nitrogens with one attached hydrogen (secondary N) is 1. The molecule has 0 bridgehead atoms. The molecular weight excluding hydrogens is 348 g/mol. The zero-order chi connectivity index (χ0) is 15.9. The number of ether oxygens (including phenoxy) is 2. The molecule has 0 heterocycles. The van der Waals surface area contributed by atoms with Crippen molar-refractivity contribution in [2.45, 2.75) is 6.54 Å². The van der Waals surface area contributed by atoms with Gasteiger partial charge in [0.05, 0.1) is 31.5 Å². The lowest BCUT2D eigenvalue weighted by Crippen LogP contribution is -2.06. The van der Waals surface area contributed by atoms with Crippen LogP contribution in [0.15, 0.2) is 46.0 Å². The zero-order valence-electron chi connectivity index (χ0n) is 12.3. The molecule has 0 atom stereocenters. The average molecular weight is 365 g/mol. The molecule has 0 aliphatic carbocycles. The smallest absolute Gasteiger partial charge is 0.161 e. The number of halogens is 1. The number of phenolic OH excluding ortho intramolecular Hbond substituents is 1. The summed E-state index contributed by atoms with van der Waals surface area (Å²) in [6.07, 6.45) is 1.69. The minimum Gasteiger partial charge on any atom is -0.507 e. The van der Waals surface area contributed by atoms with Crippen molar-refractivity contribution in [2.75, 3.05) is 14.2 Å². The van der Waals surface area contributed by atoms with E-state index in [0.717, 1.165) is 11.1 Å². The van der Waals surface area contributed by atoms with Gasteiger partial charge in [0.25, 0.3) is 0 Å². The van der Waals surface area contributed by atoms with E-state index in [9.17, 15) is 5.11 Å². The van der Waals surface area contributed by atoms with Crippen molar-refractivity contribution >= 4 is 22.1 Å². The number of phenols is 1. The number of hydrogen-bond donors (Lipinski definition) is 2. The maximum atomic E-state index is 9.43. The Bertz CT molecular complexity index is 674. The van der Waals surface area contributed by atoms with E-state index in [1.807, 2.05) is 18.2 Å². The molecule has 2 aromatic rings. The van der Waals surface area contributed by atoms with E-state index in [-0.39, 0.29) is 5.75 Å². The van der Waals surface area contributed by atoms with Crippen LogP contribution in [0.25, 0.3) is 0 Å². The van der Waals surface area contributed by atoms with Crippen LogP contribution in [0.5, 0.6) is 17.2 Å². The van der Waals surface area contributed by atoms with Gasteiger partial charge in [0.2, 0.25) is 0 Å². The Morgan fingerprint density at radius 1 is 1.14 bits per heavy atom. The quantitative estimate of drug-likeness (QED) is 0.609. The van der Waals surface area contributed by atoms with Crippen LogP contribution >= 0.6 is 15.9 Å². The van der Waals surface area contributed by atoms with E-state index in [0.29, 0.717) is 22.5 Å². The average Bonchev–Trinajstić information content (AvgIpc) is 2.54. The standard InChI is InChI=1S/C16H17BrN2O3/c1-21-15-6-4-12(8-16(15)22-2)10-19-18-9-11-3-5-14(20)13(17)7-11/h3-9,19-20H,10H2,1-2H3/b18-9-. The number of aromatic hydroxyl groups is 1. The lowest BCUT2D eigenvalue weighted by molar-refractivity contribution is 0.354. The Hall–Kier alpha value is -2.21. The maximum Gasteiger partial charge on any atom is 0.161 e. The molecule has 0 amide bonds. The first kappa shape index (κ1) is 16.2. The summed E-state index contributed by atoms with van der Waals surface area (Å²) < 4.78 is 11.1. The molecule has 0 aromatic heterocycles. The Morgan fingerprint density at radius 2 is 1.91 bits per heavy atom. The summed E-state index contributed by atoms with van der Waals surface area (Å²) in [5.74, 6) is 1.59. The highest BCUT2D eigenvalue weighted by Crippen LogP contribution is 2.27. The molecule has 2 aromatic carbocycles. The first-order valence-corrected chi connectivity index (χ1v) is 7.38. The van der Waals surface area contributed by atoms with Crippen LogP contribution in [0.4, 0.5) is 0 Å². The van der Waals surface area contributed by atoms with Gasteiger partial charge >= 0.3 is 0 Å². The zero-order valence-corrected chi connectivity index (χ0v) is 13.9. The number of methoxy groups -OCH3 is 2. The maximum absolute atomic E-state index is 9.43. The number of benzene rings is 2. The molecule has 0 fully saturated rings. The van der Waals surface area contributed by atoms with Gasteiger partial charge in [-0.25, -0.2) is 0 Å². The van der Waals surface area contributed by atoms with Crippen molar-refractivity contribution < 1.29 is 14.6 Å². The highest BCUT2D eigenvalue weighted by Gasteiger charge is 2.03. The molecule has 0 saturated carbocycles. The van der Waals surface area contributed by atoms with Gasteiger partial charge in [-0.1, -0.05) is 6.07 Å². The van der Waals surface area contributed by atoms with Gasteiger partial charge in [-0.3, -0.25) is 0 Å². The van der Waals surface area contributed by atoms with Crippen LogP contribution in [-0.4, -0.2) is 25.5 Å². The molecule has 5 nitrogen and oxygen atoms in total. The van der Waals surface area contributed by atoms with Gasteiger partial charge in [-0.2, -0.15) is 5.10 Å². The van der Waals surface area contributed by atoms with E-state index in [1.54, 1.807) is 38.6 Å². The summed E-state index contributed by atoms with van der Waals surface area (Å²) in [6.45, 7) is 0.566. The van der Waals surface area contributed by atoms with Crippen LogP contribution in [0.3, 0.4) is 0 Å². The second-order valence-corrected chi connectivity index (χ2v) is 5.35. The fourth-order valence-electron chi connectivity index (χ4n) is 1.85. The van der Waals surface area contributed by atoms with E-state index in [4.69, 9.17) is 9.47 Å². The number of hydrogen-bond acceptors (Lipinski definition) is 5. The third kappa shape index (κ3) is 4.14. The van der Waals surface area contributed by atoms with Crippen LogP contribution in [0, 0.1) is 0 Å². The van der Waals surface area contributed by atoms with Crippen molar-refractivity contribution in [1.82, 2.24) is 5.43 Å². The fourth-order valence-corrected chi connectivity index (χ4v) is 2.25. The Kier molecular flexibility index (Phi) is 5.66. The Morgan fingerprint density at radius 3 is 2.59 bits per heavy atom. The minimum absolute atomic E-state index is 0.204. The third-order valence-electron chi connectivity index (χ3n) is 3.01. The number of rotatable bonds is 6. The molecule has 0 unspecified atom stereocenters. The third-order valence-corrected chi connectivity index (χ3v) is 3.64. The lowest BCUT2D eigenvalue weighted by atomic mass is 10.2. The summed E-state index contributed by atoms with van der Waals surface area (Å²) in [5.41, 5.74) is 4.88. The molecule has 6 heteroatoms. The summed E-state index contributed by atoms with van der Waals surface area (Å²) in [5, 5.41) is 13.6. The number of nitrogens with zero attached hydrogens (tertiary/aromatic N) is 1. The van der Waals surface area contributed by atoms with Crippen LogP contribution in [-0.2, 0) is 6.54 Å². The molecule has 0 radical (unpaired) electrons. The first-order valence-electron chi connectivity index (χ1n) is 6.59. The second kappa shape index (κ2) is 7.70. The largest absolute Gasteiger partial charge is 0.507 e. The first-order chi connectivity index (χ1) is 10.6. The molecule has 0 aliphatic heterocycles. The van der Waals surface area contributed by atoms with Crippen LogP contribution in [0.2, 0.25) is 0 Å².